The molecule has 2 aliphatic heterocycles. The minimum Gasteiger partial charge on any atom is -0.355 e. The number of hydrogen-bond donors (Lipinski definition) is 3. The molecule has 7 heteroatoms. The summed E-state index contributed by atoms with van der Waals surface area (Å²) in [5.74, 6) is 0.331. The van der Waals surface area contributed by atoms with Gasteiger partial charge >= 0.3 is 0 Å². The van der Waals surface area contributed by atoms with E-state index in [0.29, 0.717) is 25.4 Å². The van der Waals surface area contributed by atoms with Crippen molar-refractivity contribution in [2.75, 3.05) is 18.0 Å². The van der Waals surface area contributed by atoms with Gasteiger partial charge in [-0.1, -0.05) is 50.3 Å². The fraction of sp³-hybridized carbons (Fsp3) is 0.609. The summed E-state index contributed by atoms with van der Waals surface area (Å²) in [6.07, 6.45) is 7.66. The summed E-state index contributed by atoms with van der Waals surface area (Å²) in [5.41, 5.74) is 11.9. The van der Waals surface area contributed by atoms with Crippen LogP contribution in [0.5, 0.6) is 0 Å². The predicted octanol–water partition coefficient (Wildman–Crippen LogP) is 2.15. The molecular weight excluding hydrogens is 378 g/mol. The Balaban J connectivity index is 1.30. The number of hydrazone groups is 1. The van der Waals surface area contributed by atoms with Crippen molar-refractivity contribution in [1.29, 1.82) is 0 Å². The molecule has 0 spiro atoms. The molecule has 1 aromatic rings. The number of nitrogens with one attached hydrogen (secondary N) is 2. The zero-order chi connectivity index (χ0) is 21.1. The second-order valence-corrected chi connectivity index (χ2v) is 8.89. The molecule has 4 rings (SSSR count). The molecule has 1 saturated carbocycles. The van der Waals surface area contributed by atoms with Gasteiger partial charge in [0.05, 0.1) is 23.5 Å². The van der Waals surface area contributed by atoms with Crippen LogP contribution in [0.1, 0.15) is 57.4 Å². The van der Waals surface area contributed by atoms with Gasteiger partial charge in [0, 0.05) is 18.7 Å². The Kier molecular flexibility index (Phi) is 6.37. The van der Waals surface area contributed by atoms with Gasteiger partial charge in [-0.2, -0.15) is 5.10 Å². The predicted molar refractivity (Wildman–Crippen MR) is 118 cm³/mol. The number of nitrogens with two attached hydrogens (primary N) is 1. The first-order valence-electron chi connectivity index (χ1n) is 11.3. The number of nitrogens with zero attached hydrogens (tertiary/aromatic N) is 2. The maximum Gasteiger partial charge on any atom is 0.238 e. The Morgan fingerprint density at radius 3 is 2.87 bits per heavy atom. The lowest BCUT2D eigenvalue weighted by atomic mass is 9.85. The van der Waals surface area contributed by atoms with E-state index in [0.717, 1.165) is 23.4 Å². The van der Waals surface area contributed by atoms with E-state index in [1.807, 2.05) is 36.1 Å². The highest BCUT2D eigenvalue weighted by Gasteiger charge is 2.43. The summed E-state index contributed by atoms with van der Waals surface area (Å²) in [5, 5.41) is 7.37. The van der Waals surface area contributed by atoms with Crippen molar-refractivity contribution in [3.05, 3.63) is 29.8 Å². The average molecular weight is 412 g/mol. The van der Waals surface area contributed by atoms with Gasteiger partial charge in [0.25, 0.3) is 0 Å². The van der Waals surface area contributed by atoms with Crippen molar-refractivity contribution in [2.45, 2.75) is 64.0 Å². The van der Waals surface area contributed by atoms with E-state index in [4.69, 9.17) is 5.73 Å². The first-order chi connectivity index (χ1) is 14.6. The molecule has 1 aromatic carbocycles. The molecule has 0 bridgehead atoms. The molecular formula is C23H33N5O2. The maximum absolute atomic E-state index is 13.1. The van der Waals surface area contributed by atoms with Gasteiger partial charge in [0.2, 0.25) is 11.8 Å². The Morgan fingerprint density at radius 1 is 1.30 bits per heavy atom. The minimum atomic E-state index is -0.436. The molecule has 2 unspecified atom stereocenters. The third-order valence-electron chi connectivity index (χ3n) is 6.69. The van der Waals surface area contributed by atoms with Crippen LogP contribution in [0.2, 0.25) is 0 Å². The molecule has 1 fully saturated rings. The SMILES string of the molecule is CC1NN=C2c3ccccc3N(CCCNC(=O)[C@@H](N)CC3CCCCC3)C(=O)C21. The van der Waals surface area contributed by atoms with Crippen molar-refractivity contribution in [3.8, 4) is 0 Å². The van der Waals surface area contributed by atoms with Gasteiger partial charge in [0.1, 0.15) is 5.92 Å². The standard InChI is InChI=1S/C23H33N5O2/c1-15-20-21(27-26-15)17-10-5-6-11-19(17)28(23(20)30)13-7-12-25-22(29)18(24)14-16-8-3-2-4-9-16/h5-6,10-11,15-16,18,20,26H,2-4,7-9,12-14,24H2,1H3,(H,25,29)/t15?,18-,20?/m0/s1. The molecule has 0 radical (unpaired) electrons. The van der Waals surface area contributed by atoms with Crippen LogP contribution in [0.4, 0.5) is 5.69 Å². The fourth-order valence-electron chi connectivity index (χ4n) is 5.02. The summed E-state index contributed by atoms with van der Waals surface area (Å²) < 4.78 is 0. The normalized spacial score (nSPS) is 24.5. The number of carbonyl (C=O) groups is 2. The quantitative estimate of drug-likeness (QED) is 0.599. The summed E-state index contributed by atoms with van der Waals surface area (Å²) >= 11 is 0. The van der Waals surface area contributed by atoms with Gasteiger partial charge in [-0.3, -0.25) is 9.59 Å². The second kappa shape index (κ2) is 9.16. The number of amides is 2. The number of para-hydroxylation sites is 1. The van der Waals surface area contributed by atoms with E-state index in [-0.39, 0.29) is 23.8 Å². The minimum absolute atomic E-state index is 0.0131. The lowest BCUT2D eigenvalue weighted by molar-refractivity contribution is -0.122. The Hall–Kier alpha value is -2.41. The van der Waals surface area contributed by atoms with Crippen LogP contribution >= 0.6 is 0 Å². The van der Waals surface area contributed by atoms with Crippen LogP contribution in [0, 0.1) is 11.8 Å². The number of anilines is 1. The third kappa shape index (κ3) is 4.21. The molecule has 0 saturated heterocycles. The number of benzene rings is 1. The number of rotatable bonds is 7. The molecule has 162 valence electrons. The number of fused-ring (bicyclic) bond motifs is 3. The number of carbonyl (C=O) groups excluding carboxylic acids is 2. The molecule has 1 aliphatic carbocycles. The van der Waals surface area contributed by atoms with Crippen molar-refractivity contribution in [3.63, 3.8) is 0 Å². The lowest BCUT2D eigenvalue weighted by Crippen LogP contribution is -2.49. The van der Waals surface area contributed by atoms with E-state index in [1.54, 1.807) is 0 Å². The van der Waals surface area contributed by atoms with Gasteiger partial charge in [-0.05, 0) is 31.7 Å². The summed E-state index contributed by atoms with van der Waals surface area (Å²) in [6.45, 7) is 3.06. The van der Waals surface area contributed by atoms with Crippen LogP contribution in [0.25, 0.3) is 0 Å². The van der Waals surface area contributed by atoms with E-state index in [2.05, 4.69) is 15.8 Å². The Bertz CT molecular complexity index is 818. The van der Waals surface area contributed by atoms with Crippen molar-refractivity contribution < 1.29 is 9.59 Å². The first-order valence-corrected chi connectivity index (χ1v) is 11.3. The van der Waals surface area contributed by atoms with Crippen LogP contribution in [0.15, 0.2) is 29.4 Å². The Morgan fingerprint density at radius 2 is 2.07 bits per heavy atom. The number of hydrogen-bond acceptors (Lipinski definition) is 5. The molecule has 2 amide bonds. The van der Waals surface area contributed by atoms with Crippen molar-refractivity contribution in [1.82, 2.24) is 10.7 Å². The van der Waals surface area contributed by atoms with E-state index in [1.165, 1.54) is 32.1 Å². The highest BCUT2D eigenvalue weighted by atomic mass is 16.2. The van der Waals surface area contributed by atoms with E-state index >= 15 is 0 Å². The Labute approximate surface area is 178 Å². The molecule has 4 N–H and O–H groups in total. The van der Waals surface area contributed by atoms with E-state index in [9.17, 15) is 9.59 Å². The van der Waals surface area contributed by atoms with Crippen molar-refractivity contribution in [2.24, 2.45) is 22.7 Å². The molecule has 2 heterocycles. The molecule has 7 nitrogen and oxygen atoms in total. The highest BCUT2D eigenvalue weighted by molar-refractivity contribution is 6.24. The summed E-state index contributed by atoms with van der Waals surface area (Å²) in [6, 6.07) is 7.46. The van der Waals surface area contributed by atoms with Gasteiger partial charge in [-0.25, -0.2) is 0 Å². The van der Waals surface area contributed by atoms with Gasteiger partial charge in [-0.15, -0.1) is 0 Å². The third-order valence-corrected chi connectivity index (χ3v) is 6.69. The molecule has 0 aromatic heterocycles. The maximum atomic E-state index is 13.1. The second-order valence-electron chi connectivity index (χ2n) is 8.89. The zero-order valence-electron chi connectivity index (χ0n) is 17.8. The van der Waals surface area contributed by atoms with Crippen LogP contribution in [-0.2, 0) is 9.59 Å². The fourth-order valence-corrected chi connectivity index (χ4v) is 5.02. The molecule has 30 heavy (non-hydrogen) atoms. The van der Waals surface area contributed by atoms with Crippen LogP contribution < -0.4 is 21.4 Å². The highest BCUT2D eigenvalue weighted by Crippen LogP contribution is 2.34. The zero-order valence-corrected chi connectivity index (χ0v) is 17.8. The summed E-state index contributed by atoms with van der Waals surface area (Å²) in [7, 11) is 0. The smallest absolute Gasteiger partial charge is 0.238 e. The van der Waals surface area contributed by atoms with Crippen LogP contribution in [-0.4, -0.2) is 42.7 Å². The van der Waals surface area contributed by atoms with Crippen molar-refractivity contribution >= 4 is 23.2 Å². The average Bonchev–Trinajstić information content (AvgIpc) is 3.15. The molecule has 3 aliphatic rings. The van der Waals surface area contributed by atoms with E-state index < -0.39 is 6.04 Å². The first kappa shape index (κ1) is 20.8. The lowest BCUT2D eigenvalue weighted by Gasteiger charge is -2.34. The van der Waals surface area contributed by atoms with Gasteiger partial charge in [0.15, 0.2) is 0 Å². The monoisotopic (exact) mass is 411 g/mol. The largest absolute Gasteiger partial charge is 0.355 e. The topological polar surface area (TPSA) is 99.8 Å². The molecule has 3 atom stereocenters. The summed E-state index contributed by atoms with van der Waals surface area (Å²) in [4.78, 5) is 27.4. The van der Waals surface area contributed by atoms with Gasteiger partial charge < -0.3 is 21.4 Å². The van der Waals surface area contributed by atoms with Crippen LogP contribution in [0.3, 0.4) is 0 Å².